The Bertz CT molecular complexity index is 416. The molecule has 0 aliphatic carbocycles. The van der Waals surface area contributed by atoms with Crippen molar-refractivity contribution in [1.82, 2.24) is 10.2 Å². The third-order valence-corrected chi connectivity index (χ3v) is 2.92. The lowest BCUT2D eigenvalue weighted by Gasteiger charge is -2.11. The topological polar surface area (TPSA) is 44.4 Å². The molecule has 19 heavy (non-hydrogen) atoms. The highest BCUT2D eigenvalue weighted by atomic mass is 16.1. The molecular weight excluding hydrogens is 238 g/mol. The summed E-state index contributed by atoms with van der Waals surface area (Å²) in [6, 6.07) is 5.76. The Kier molecular flexibility index (Phi) is 6.36. The summed E-state index contributed by atoms with van der Waals surface area (Å²) in [5.74, 6) is 0.00454. The number of carbonyl (C=O) groups is 1. The Labute approximate surface area is 116 Å². The fourth-order valence-corrected chi connectivity index (χ4v) is 1.89. The first-order valence-electron chi connectivity index (χ1n) is 6.82. The fourth-order valence-electron chi connectivity index (χ4n) is 1.89. The standard InChI is InChI=1S/C15H25N3O/c1-5-16-14-8-7-13(11-12(14)2)15(19)17-9-6-10-18(3)4/h7-8,11,16H,5-6,9-10H2,1-4H3,(H,17,19). The zero-order chi connectivity index (χ0) is 14.3. The molecule has 0 aliphatic heterocycles. The molecule has 4 heteroatoms. The minimum absolute atomic E-state index is 0.00454. The smallest absolute Gasteiger partial charge is 0.251 e. The highest BCUT2D eigenvalue weighted by molar-refractivity contribution is 5.94. The van der Waals surface area contributed by atoms with Gasteiger partial charge in [-0.3, -0.25) is 4.79 Å². The SMILES string of the molecule is CCNc1ccc(C(=O)NCCCN(C)C)cc1C. The average molecular weight is 263 g/mol. The van der Waals surface area contributed by atoms with Crippen LogP contribution in [0.1, 0.15) is 29.3 Å². The van der Waals surface area contributed by atoms with Gasteiger partial charge >= 0.3 is 0 Å². The maximum atomic E-state index is 12.0. The minimum atomic E-state index is 0.00454. The highest BCUT2D eigenvalue weighted by Crippen LogP contribution is 2.16. The fraction of sp³-hybridized carbons (Fsp3) is 0.533. The minimum Gasteiger partial charge on any atom is -0.385 e. The van der Waals surface area contributed by atoms with Crippen LogP contribution in [0.3, 0.4) is 0 Å². The number of amides is 1. The van der Waals surface area contributed by atoms with Crippen LogP contribution in [0.5, 0.6) is 0 Å². The van der Waals surface area contributed by atoms with Gasteiger partial charge in [-0.05, 0) is 64.7 Å². The normalized spacial score (nSPS) is 10.6. The van der Waals surface area contributed by atoms with E-state index in [4.69, 9.17) is 0 Å². The Balaban J connectivity index is 2.50. The van der Waals surface area contributed by atoms with Gasteiger partial charge in [-0.2, -0.15) is 0 Å². The molecule has 1 amide bonds. The predicted octanol–water partition coefficient (Wildman–Crippen LogP) is 2.11. The molecule has 1 aromatic rings. The largest absolute Gasteiger partial charge is 0.385 e. The predicted molar refractivity (Wildman–Crippen MR) is 80.8 cm³/mol. The second-order valence-electron chi connectivity index (χ2n) is 4.97. The molecular formula is C15H25N3O. The number of anilines is 1. The van der Waals surface area contributed by atoms with E-state index in [9.17, 15) is 4.79 Å². The monoisotopic (exact) mass is 263 g/mol. The average Bonchev–Trinajstić information content (AvgIpc) is 2.36. The first-order chi connectivity index (χ1) is 9.04. The third-order valence-electron chi connectivity index (χ3n) is 2.92. The van der Waals surface area contributed by atoms with Gasteiger partial charge < -0.3 is 15.5 Å². The van der Waals surface area contributed by atoms with Gasteiger partial charge in [-0.15, -0.1) is 0 Å². The van der Waals surface area contributed by atoms with Crippen molar-refractivity contribution in [2.75, 3.05) is 39.0 Å². The second kappa shape index (κ2) is 7.79. The van der Waals surface area contributed by atoms with Crippen LogP contribution in [0.15, 0.2) is 18.2 Å². The summed E-state index contributed by atoms with van der Waals surface area (Å²) < 4.78 is 0. The number of hydrogen-bond acceptors (Lipinski definition) is 3. The van der Waals surface area contributed by atoms with E-state index in [1.165, 1.54) is 0 Å². The highest BCUT2D eigenvalue weighted by Gasteiger charge is 2.06. The molecule has 4 nitrogen and oxygen atoms in total. The molecule has 0 spiro atoms. The van der Waals surface area contributed by atoms with Crippen LogP contribution in [-0.2, 0) is 0 Å². The lowest BCUT2D eigenvalue weighted by molar-refractivity contribution is 0.0952. The summed E-state index contributed by atoms with van der Waals surface area (Å²) in [5, 5.41) is 6.22. The zero-order valence-corrected chi connectivity index (χ0v) is 12.4. The molecule has 0 atom stereocenters. The molecule has 0 unspecified atom stereocenters. The van der Waals surface area contributed by atoms with Crippen LogP contribution in [0.2, 0.25) is 0 Å². The van der Waals surface area contributed by atoms with Crippen molar-refractivity contribution in [3.05, 3.63) is 29.3 Å². The van der Waals surface area contributed by atoms with Crippen LogP contribution in [0.25, 0.3) is 0 Å². The Morgan fingerprint density at radius 1 is 1.32 bits per heavy atom. The van der Waals surface area contributed by atoms with E-state index in [0.29, 0.717) is 6.54 Å². The number of benzene rings is 1. The maximum absolute atomic E-state index is 12.0. The number of aryl methyl sites for hydroxylation is 1. The quantitative estimate of drug-likeness (QED) is 0.741. The molecule has 0 saturated carbocycles. The van der Waals surface area contributed by atoms with Gasteiger partial charge in [-0.25, -0.2) is 0 Å². The summed E-state index contributed by atoms with van der Waals surface area (Å²) in [4.78, 5) is 14.1. The number of hydrogen-bond donors (Lipinski definition) is 2. The van der Waals surface area contributed by atoms with Crippen LogP contribution in [-0.4, -0.2) is 44.5 Å². The molecule has 0 radical (unpaired) electrons. The van der Waals surface area contributed by atoms with Crippen molar-refractivity contribution in [2.24, 2.45) is 0 Å². The van der Waals surface area contributed by atoms with Crippen molar-refractivity contribution in [3.8, 4) is 0 Å². The van der Waals surface area contributed by atoms with Crippen LogP contribution in [0, 0.1) is 6.92 Å². The van der Waals surface area contributed by atoms with E-state index in [-0.39, 0.29) is 5.91 Å². The number of nitrogens with one attached hydrogen (secondary N) is 2. The van der Waals surface area contributed by atoms with Crippen molar-refractivity contribution >= 4 is 11.6 Å². The van der Waals surface area contributed by atoms with Gasteiger partial charge in [-0.1, -0.05) is 0 Å². The number of nitrogens with zero attached hydrogens (tertiary/aromatic N) is 1. The molecule has 2 N–H and O–H groups in total. The summed E-state index contributed by atoms with van der Waals surface area (Å²) in [6.45, 7) is 6.66. The Morgan fingerprint density at radius 2 is 2.05 bits per heavy atom. The molecule has 106 valence electrons. The van der Waals surface area contributed by atoms with Gasteiger partial charge in [0.05, 0.1) is 0 Å². The Hall–Kier alpha value is -1.55. The van der Waals surface area contributed by atoms with Crippen molar-refractivity contribution < 1.29 is 4.79 Å². The molecule has 1 aromatic carbocycles. The van der Waals surface area contributed by atoms with E-state index >= 15 is 0 Å². The molecule has 0 heterocycles. The Morgan fingerprint density at radius 3 is 2.63 bits per heavy atom. The summed E-state index contributed by atoms with van der Waals surface area (Å²) >= 11 is 0. The summed E-state index contributed by atoms with van der Waals surface area (Å²) in [5.41, 5.74) is 2.92. The third kappa shape index (κ3) is 5.30. The first-order valence-corrected chi connectivity index (χ1v) is 6.82. The number of rotatable bonds is 7. The van der Waals surface area contributed by atoms with Gasteiger partial charge in [0, 0.05) is 24.3 Å². The van der Waals surface area contributed by atoms with Gasteiger partial charge in [0.15, 0.2) is 0 Å². The molecule has 1 rings (SSSR count). The van der Waals surface area contributed by atoms with Gasteiger partial charge in [0.25, 0.3) is 5.91 Å². The summed E-state index contributed by atoms with van der Waals surface area (Å²) in [6.07, 6.45) is 0.965. The molecule has 0 fully saturated rings. The lowest BCUT2D eigenvalue weighted by Crippen LogP contribution is -2.27. The van der Waals surface area contributed by atoms with Crippen LogP contribution in [0.4, 0.5) is 5.69 Å². The first kappa shape index (κ1) is 15.5. The van der Waals surface area contributed by atoms with E-state index in [0.717, 1.165) is 36.3 Å². The molecule has 0 bridgehead atoms. The molecule has 0 saturated heterocycles. The summed E-state index contributed by atoms with van der Waals surface area (Å²) in [7, 11) is 4.06. The van der Waals surface area contributed by atoms with Crippen LogP contribution < -0.4 is 10.6 Å². The van der Waals surface area contributed by atoms with E-state index in [1.54, 1.807) is 0 Å². The van der Waals surface area contributed by atoms with E-state index in [1.807, 2.05) is 39.2 Å². The van der Waals surface area contributed by atoms with E-state index < -0.39 is 0 Å². The lowest BCUT2D eigenvalue weighted by atomic mass is 10.1. The second-order valence-corrected chi connectivity index (χ2v) is 4.97. The van der Waals surface area contributed by atoms with Gasteiger partial charge in [0.2, 0.25) is 0 Å². The van der Waals surface area contributed by atoms with Gasteiger partial charge in [0.1, 0.15) is 0 Å². The maximum Gasteiger partial charge on any atom is 0.251 e. The van der Waals surface area contributed by atoms with Crippen molar-refractivity contribution in [2.45, 2.75) is 20.3 Å². The van der Waals surface area contributed by atoms with Crippen LogP contribution >= 0.6 is 0 Å². The van der Waals surface area contributed by atoms with Crippen molar-refractivity contribution in [1.29, 1.82) is 0 Å². The van der Waals surface area contributed by atoms with Crippen molar-refractivity contribution in [3.63, 3.8) is 0 Å². The number of carbonyl (C=O) groups excluding carboxylic acids is 1. The molecule has 0 aliphatic rings. The van der Waals surface area contributed by atoms with E-state index in [2.05, 4.69) is 22.5 Å². The zero-order valence-electron chi connectivity index (χ0n) is 12.4. The molecule has 0 aromatic heterocycles.